The van der Waals surface area contributed by atoms with Gasteiger partial charge in [0, 0.05) is 25.5 Å². The van der Waals surface area contributed by atoms with Crippen molar-refractivity contribution >= 4 is 61.2 Å². The summed E-state index contributed by atoms with van der Waals surface area (Å²) in [4.78, 5) is 14.4. The molecule has 7 heteroatoms. The Morgan fingerprint density at radius 1 is 1.16 bits per heavy atom. The fourth-order valence-corrected chi connectivity index (χ4v) is 7.74. The molecule has 0 radical (unpaired) electrons. The van der Waals surface area contributed by atoms with Gasteiger partial charge < -0.3 is 9.47 Å². The summed E-state index contributed by atoms with van der Waals surface area (Å²) in [7, 11) is 0. The van der Waals surface area contributed by atoms with Crippen molar-refractivity contribution in [2.24, 2.45) is 5.92 Å². The van der Waals surface area contributed by atoms with Crippen molar-refractivity contribution in [2.45, 2.75) is 62.2 Å². The molecule has 3 atom stereocenters. The number of ketones is 1. The molecule has 0 aromatic carbocycles. The summed E-state index contributed by atoms with van der Waals surface area (Å²) < 4.78 is 13.3. The fourth-order valence-electron chi connectivity index (χ4n) is 3.39. The predicted octanol–water partition coefficient (Wildman–Crippen LogP) is 6.22. The zero-order chi connectivity index (χ0) is 18.6. The molecule has 1 fully saturated rings. The van der Waals surface area contributed by atoms with Crippen LogP contribution in [-0.2, 0) is 14.3 Å². The Balaban J connectivity index is 0.000000528. The van der Waals surface area contributed by atoms with E-state index in [1.54, 1.807) is 11.8 Å². The third-order valence-corrected chi connectivity index (χ3v) is 8.62. The summed E-state index contributed by atoms with van der Waals surface area (Å²) in [6, 6.07) is 0. The van der Waals surface area contributed by atoms with Gasteiger partial charge in [0.2, 0.25) is 5.78 Å². The van der Waals surface area contributed by atoms with Crippen LogP contribution in [0.25, 0.3) is 0 Å². The van der Waals surface area contributed by atoms with Crippen molar-refractivity contribution in [3.8, 4) is 0 Å². The molecular weight excluding hydrogens is 488 g/mol. The minimum absolute atomic E-state index is 0.0841. The van der Waals surface area contributed by atoms with Crippen molar-refractivity contribution in [2.75, 3.05) is 13.2 Å². The Labute approximate surface area is 176 Å². The van der Waals surface area contributed by atoms with Crippen LogP contribution >= 0.6 is 55.4 Å². The number of fused-ring (bicyclic) bond motifs is 4. The smallest absolute Gasteiger partial charge is 0.254 e. The lowest BCUT2D eigenvalue weighted by atomic mass is 9.91. The molecule has 1 aliphatic carbocycles. The molecule has 1 spiro atoms. The molecular formula is C18H26Br2O3S2. The second-order valence-electron chi connectivity index (χ2n) is 5.51. The van der Waals surface area contributed by atoms with E-state index in [1.807, 2.05) is 45.5 Å². The minimum Gasteiger partial charge on any atom is -0.338 e. The highest BCUT2D eigenvalue weighted by molar-refractivity contribution is 9.14. The van der Waals surface area contributed by atoms with Crippen molar-refractivity contribution < 1.29 is 14.3 Å². The number of thioether (sulfide) groups is 2. The molecule has 4 rings (SSSR count). The summed E-state index contributed by atoms with van der Waals surface area (Å²) in [6.07, 6.45) is 4.73. The molecule has 1 saturated heterocycles. The molecule has 0 aromatic rings. The molecule has 2 bridgehead atoms. The second-order valence-corrected chi connectivity index (χ2v) is 11.1. The molecule has 0 aromatic heterocycles. The summed E-state index contributed by atoms with van der Waals surface area (Å²) in [6.45, 7) is 9.00. The Bertz CT molecular complexity index is 557. The van der Waals surface area contributed by atoms with Gasteiger partial charge in [-0.15, -0.1) is 23.5 Å². The van der Waals surface area contributed by atoms with Crippen molar-refractivity contribution in [1.29, 1.82) is 0 Å². The number of rotatable bonds is 0. The van der Waals surface area contributed by atoms with E-state index >= 15 is 0 Å². The van der Waals surface area contributed by atoms with Crippen molar-refractivity contribution in [3.63, 3.8) is 0 Å². The highest BCUT2D eigenvalue weighted by Crippen LogP contribution is 2.55. The average Bonchev–Trinajstić information content (AvgIpc) is 3.12. The quantitative estimate of drug-likeness (QED) is 0.359. The first-order valence-electron chi connectivity index (χ1n) is 9.00. The van der Waals surface area contributed by atoms with Gasteiger partial charge in [0.05, 0.1) is 17.4 Å². The van der Waals surface area contributed by atoms with Crippen LogP contribution in [0.4, 0.5) is 0 Å². The number of hydrogen-bond acceptors (Lipinski definition) is 5. The van der Waals surface area contributed by atoms with E-state index in [0.717, 1.165) is 28.6 Å². The second kappa shape index (κ2) is 9.78. The van der Waals surface area contributed by atoms with Gasteiger partial charge in [-0.25, -0.2) is 0 Å². The molecule has 4 aliphatic rings. The van der Waals surface area contributed by atoms with E-state index in [9.17, 15) is 4.79 Å². The maximum atomic E-state index is 13.1. The molecule has 0 saturated carbocycles. The standard InChI is InChI=1S/C14H14Br2O3S2.2C2H6/c15-10-2-1-8-12(21-10)9-5-7(6-11(16)20-9)13(17)14(8)18-3-4-19-14;2*1-2/h6-7,9-10H,1-5H2;2*1-2H3. The zero-order valence-corrected chi connectivity index (χ0v) is 19.9. The largest absolute Gasteiger partial charge is 0.338 e. The molecule has 142 valence electrons. The Morgan fingerprint density at radius 3 is 2.44 bits per heavy atom. The van der Waals surface area contributed by atoms with E-state index in [1.165, 1.54) is 4.91 Å². The van der Waals surface area contributed by atoms with Gasteiger partial charge in [-0.2, -0.15) is 0 Å². The van der Waals surface area contributed by atoms with E-state index in [2.05, 4.69) is 31.9 Å². The van der Waals surface area contributed by atoms with Gasteiger partial charge in [0.15, 0.2) is 0 Å². The number of carbonyl (C=O) groups excluding carboxylic acids is 1. The van der Waals surface area contributed by atoms with Gasteiger partial charge >= 0.3 is 0 Å². The third kappa shape index (κ3) is 4.27. The fraction of sp³-hybridized carbons (Fsp3) is 0.722. The van der Waals surface area contributed by atoms with Crippen molar-refractivity contribution in [1.82, 2.24) is 0 Å². The number of allylic oxidation sites excluding steroid dienone is 1. The summed E-state index contributed by atoms with van der Waals surface area (Å²) in [5.41, 5.74) is 1.08. The van der Waals surface area contributed by atoms with Crippen LogP contribution in [0.1, 0.15) is 47.0 Å². The highest BCUT2D eigenvalue weighted by atomic mass is 79.9. The SMILES string of the molecule is CC.CC.O=C1C2C=C(Br)SC(C2)C2=C(CCC(Br)S2)C12OCCO2. The monoisotopic (exact) mass is 512 g/mol. The van der Waals surface area contributed by atoms with Crippen LogP contribution in [-0.4, -0.2) is 34.2 Å². The maximum Gasteiger partial charge on any atom is 0.254 e. The lowest BCUT2D eigenvalue weighted by Gasteiger charge is -2.33. The molecule has 3 heterocycles. The van der Waals surface area contributed by atoms with Gasteiger partial charge in [-0.3, -0.25) is 4.79 Å². The molecule has 3 nitrogen and oxygen atoms in total. The Hall–Kier alpha value is 0.730. The zero-order valence-electron chi connectivity index (χ0n) is 15.1. The topological polar surface area (TPSA) is 35.5 Å². The highest BCUT2D eigenvalue weighted by Gasteiger charge is 2.55. The number of Topliss-reactive ketones (excluding diaryl/α,β-unsaturated/α-hetero) is 1. The normalized spacial score (nSPS) is 32.6. The first-order chi connectivity index (χ1) is 12.1. The number of carbonyl (C=O) groups is 1. The van der Waals surface area contributed by atoms with Gasteiger partial charge in [-0.1, -0.05) is 49.7 Å². The van der Waals surface area contributed by atoms with E-state index in [-0.39, 0.29) is 11.7 Å². The molecule has 3 aliphatic heterocycles. The van der Waals surface area contributed by atoms with E-state index < -0.39 is 5.79 Å². The van der Waals surface area contributed by atoms with E-state index in [4.69, 9.17) is 9.47 Å². The first kappa shape index (κ1) is 22.0. The minimum atomic E-state index is -1.11. The van der Waals surface area contributed by atoms with Gasteiger partial charge in [-0.05, 0) is 35.2 Å². The van der Waals surface area contributed by atoms with Crippen LogP contribution < -0.4 is 0 Å². The van der Waals surface area contributed by atoms with Crippen LogP contribution in [0.15, 0.2) is 20.4 Å². The van der Waals surface area contributed by atoms with Crippen LogP contribution in [0.3, 0.4) is 0 Å². The molecule has 0 N–H and O–H groups in total. The third-order valence-electron chi connectivity index (χ3n) is 4.27. The number of alkyl halides is 1. The summed E-state index contributed by atoms with van der Waals surface area (Å²) in [5.74, 6) is -1.15. The number of ether oxygens (including phenoxy) is 2. The number of hydrogen-bond donors (Lipinski definition) is 0. The predicted molar refractivity (Wildman–Crippen MR) is 115 cm³/mol. The van der Waals surface area contributed by atoms with Crippen LogP contribution in [0.2, 0.25) is 0 Å². The van der Waals surface area contributed by atoms with Crippen LogP contribution in [0, 0.1) is 5.92 Å². The Morgan fingerprint density at radius 2 is 1.80 bits per heavy atom. The Kier molecular flexibility index (Phi) is 8.62. The number of halogens is 2. The van der Waals surface area contributed by atoms with Gasteiger partial charge in [0.1, 0.15) is 0 Å². The average molecular weight is 514 g/mol. The molecule has 0 amide bonds. The van der Waals surface area contributed by atoms with Gasteiger partial charge in [0.25, 0.3) is 5.79 Å². The first-order valence-corrected chi connectivity index (χ1v) is 12.5. The summed E-state index contributed by atoms with van der Waals surface area (Å²) >= 11 is 10.9. The lowest BCUT2D eigenvalue weighted by Crippen LogP contribution is -2.45. The van der Waals surface area contributed by atoms with E-state index in [0.29, 0.717) is 22.6 Å². The molecule has 3 unspecified atom stereocenters. The molecule has 25 heavy (non-hydrogen) atoms. The van der Waals surface area contributed by atoms with Crippen molar-refractivity contribution in [3.05, 3.63) is 20.4 Å². The van der Waals surface area contributed by atoms with Crippen LogP contribution in [0.5, 0.6) is 0 Å². The lowest BCUT2D eigenvalue weighted by molar-refractivity contribution is -0.170. The maximum absolute atomic E-state index is 13.1. The summed E-state index contributed by atoms with van der Waals surface area (Å²) in [5, 5.41) is 0.325.